The van der Waals surface area contributed by atoms with E-state index >= 15 is 0 Å². The number of benzene rings is 1. The van der Waals surface area contributed by atoms with E-state index in [0.29, 0.717) is 24.5 Å². The molecule has 2 amide bonds. The Kier molecular flexibility index (Phi) is 5.36. The van der Waals surface area contributed by atoms with Crippen LogP contribution in [0.25, 0.3) is 0 Å². The quantitative estimate of drug-likeness (QED) is 0.789. The lowest BCUT2D eigenvalue weighted by Gasteiger charge is -2.38. The van der Waals surface area contributed by atoms with Gasteiger partial charge in [-0.05, 0) is 48.6 Å². The number of hydrogen-bond acceptors (Lipinski definition) is 4. The summed E-state index contributed by atoms with van der Waals surface area (Å²) in [5, 5.41) is 2.63. The van der Waals surface area contributed by atoms with Gasteiger partial charge in [0.15, 0.2) is 0 Å². The van der Waals surface area contributed by atoms with Gasteiger partial charge in [-0.25, -0.2) is 0 Å². The highest BCUT2D eigenvalue weighted by Crippen LogP contribution is 2.25. The third kappa shape index (κ3) is 3.82. The number of likely N-dealkylation sites (tertiary alicyclic amines) is 1. The van der Waals surface area contributed by atoms with E-state index in [0.717, 1.165) is 36.6 Å². The Bertz CT molecular complexity index is 801. The summed E-state index contributed by atoms with van der Waals surface area (Å²) in [6, 6.07) is 11.2. The molecule has 0 radical (unpaired) electrons. The van der Waals surface area contributed by atoms with E-state index < -0.39 is 0 Å². The highest BCUT2D eigenvalue weighted by atomic mass is 35.5. The summed E-state index contributed by atoms with van der Waals surface area (Å²) in [7, 11) is 0. The van der Waals surface area contributed by atoms with Gasteiger partial charge in [-0.15, -0.1) is 11.3 Å². The number of hydrogen-bond donors (Lipinski definition) is 0. The van der Waals surface area contributed by atoms with Crippen LogP contribution in [0.4, 0.5) is 5.69 Å². The Hall–Kier alpha value is -2.05. The minimum atomic E-state index is -0.318. The first kappa shape index (κ1) is 18.3. The van der Waals surface area contributed by atoms with Crippen molar-refractivity contribution in [3.63, 3.8) is 0 Å². The van der Waals surface area contributed by atoms with Gasteiger partial charge in [-0.3, -0.25) is 9.59 Å². The molecule has 2 aliphatic heterocycles. The van der Waals surface area contributed by atoms with E-state index in [9.17, 15) is 9.59 Å². The van der Waals surface area contributed by atoms with Crippen LogP contribution in [0.3, 0.4) is 0 Å². The average Bonchev–Trinajstić information content (AvgIpc) is 3.40. The maximum absolute atomic E-state index is 13.1. The van der Waals surface area contributed by atoms with Gasteiger partial charge >= 0.3 is 0 Å². The van der Waals surface area contributed by atoms with Gasteiger partial charge in [0.2, 0.25) is 5.91 Å². The normalized spacial score (nSPS) is 20.2. The molecule has 1 aromatic heterocycles. The van der Waals surface area contributed by atoms with E-state index in [1.165, 1.54) is 11.3 Å². The van der Waals surface area contributed by atoms with Crippen LogP contribution in [-0.4, -0.2) is 60.4 Å². The first-order valence-corrected chi connectivity index (χ1v) is 10.5. The standard InChI is InChI=1S/C20H22ClN3O2S/c21-15-5-7-16(8-6-15)22-10-12-23(13-11-22)19(25)17-3-1-9-24(17)20(26)18-4-2-14-27-18/h2,4-8,14,17H,1,3,9-13H2/t17-/m0/s1. The fourth-order valence-corrected chi connectivity index (χ4v) is 4.66. The maximum atomic E-state index is 13.1. The molecule has 2 aromatic rings. The van der Waals surface area contributed by atoms with Crippen molar-refractivity contribution in [2.24, 2.45) is 0 Å². The molecule has 142 valence electrons. The maximum Gasteiger partial charge on any atom is 0.264 e. The van der Waals surface area contributed by atoms with Crippen molar-refractivity contribution in [2.45, 2.75) is 18.9 Å². The van der Waals surface area contributed by atoms with E-state index in [-0.39, 0.29) is 17.9 Å². The minimum Gasteiger partial charge on any atom is -0.368 e. The number of thiophene rings is 1. The van der Waals surface area contributed by atoms with Crippen molar-refractivity contribution in [3.8, 4) is 0 Å². The fourth-order valence-electron chi connectivity index (χ4n) is 3.86. The molecule has 2 saturated heterocycles. The minimum absolute atomic E-state index is 0.0133. The molecule has 0 unspecified atom stereocenters. The molecule has 0 N–H and O–H groups in total. The summed E-state index contributed by atoms with van der Waals surface area (Å²) < 4.78 is 0. The molecule has 0 bridgehead atoms. The van der Waals surface area contributed by atoms with Gasteiger partial charge in [0.05, 0.1) is 4.88 Å². The number of halogens is 1. The van der Waals surface area contributed by atoms with Crippen LogP contribution in [-0.2, 0) is 4.79 Å². The molecule has 0 saturated carbocycles. The predicted octanol–water partition coefficient (Wildman–Crippen LogP) is 3.35. The third-order valence-corrected chi connectivity index (χ3v) is 6.42. The average molecular weight is 404 g/mol. The van der Waals surface area contributed by atoms with E-state index in [4.69, 9.17) is 11.6 Å². The third-order valence-electron chi connectivity index (χ3n) is 5.31. The lowest BCUT2D eigenvalue weighted by Crippen LogP contribution is -2.54. The van der Waals surface area contributed by atoms with Gasteiger partial charge in [0.25, 0.3) is 5.91 Å². The molecule has 0 aliphatic carbocycles. The first-order chi connectivity index (χ1) is 13.1. The summed E-state index contributed by atoms with van der Waals surface area (Å²) in [5.41, 5.74) is 1.13. The Morgan fingerprint density at radius 2 is 1.74 bits per heavy atom. The summed E-state index contributed by atoms with van der Waals surface area (Å²) in [6.07, 6.45) is 1.64. The number of piperazine rings is 1. The van der Waals surface area contributed by atoms with Gasteiger partial charge in [-0.2, -0.15) is 0 Å². The Morgan fingerprint density at radius 1 is 1.00 bits per heavy atom. The van der Waals surface area contributed by atoms with Crippen molar-refractivity contribution in [2.75, 3.05) is 37.6 Å². The molecule has 1 aromatic carbocycles. The number of nitrogens with zero attached hydrogens (tertiary/aromatic N) is 3. The van der Waals surface area contributed by atoms with Crippen LogP contribution in [0, 0.1) is 0 Å². The van der Waals surface area contributed by atoms with Crippen LogP contribution in [0.2, 0.25) is 5.02 Å². The molecule has 1 atom stereocenters. The largest absolute Gasteiger partial charge is 0.368 e. The van der Waals surface area contributed by atoms with Crippen LogP contribution < -0.4 is 4.90 Å². The van der Waals surface area contributed by atoms with Crippen molar-refractivity contribution < 1.29 is 9.59 Å². The van der Waals surface area contributed by atoms with Gasteiger partial charge in [0, 0.05) is 43.4 Å². The number of amides is 2. The second-order valence-corrected chi connectivity index (χ2v) is 8.31. The second-order valence-electron chi connectivity index (χ2n) is 6.92. The first-order valence-electron chi connectivity index (χ1n) is 9.27. The van der Waals surface area contributed by atoms with Crippen LogP contribution in [0.5, 0.6) is 0 Å². The summed E-state index contributed by atoms with van der Waals surface area (Å²) in [5.74, 6) is 0.0776. The molecule has 0 spiro atoms. The zero-order chi connectivity index (χ0) is 18.8. The van der Waals surface area contributed by atoms with Crippen LogP contribution >= 0.6 is 22.9 Å². The number of carbonyl (C=O) groups is 2. The van der Waals surface area contributed by atoms with Gasteiger partial charge < -0.3 is 14.7 Å². The predicted molar refractivity (Wildman–Crippen MR) is 109 cm³/mol. The van der Waals surface area contributed by atoms with Gasteiger partial charge in [-0.1, -0.05) is 17.7 Å². The van der Waals surface area contributed by atoms with E-state index in [1.54, 1.807) is 4.90 Å². The Labute approximate surface area is 168 Å². The van der Waals surface area contributed by atoms with Crippen LogP contribution in [0.15, 0.2) is 41.8 Å². The summed E-state index contributed by atoms with van der Waals surface area (Å²) in [6.45, 7) is 3.60. The second kappa shape index (κ2) is 7.90. The molecular weight excluding hydrogens is 382 g/mol. The molecule has 4 rings (SSSR count). The molecular formula is C20H22ClN3O2S. The Balaban J connectivity index is 1.38. The molecule has 2 fully saturated rings. The van der Waals surface area contributed by atoms with Crippen molar-refractivity contribution >= 4 is 40.4 Å². The zero-order valence-electron chi connectivity index (χ0n) is 15.0. The van der Waals surface area contributed by atoms with Crippen molar-refractivity contribution in [3.05, 3.63) is 51.7 Å². The van der Waals surface area contributed by atoms with Crippen molar-refractivity contribution in [1.82, 2.24) is 9.80 Å². The lowest BCUT2D eigenvalue weighted by molar-refractivity contribution is -0.135. The molecule has 27 heavy (non-hydrogen) atoms. The van der Waals surface area contributed by atoms with Crippen LogP contribution in [0.1, 0.15) is 22.5 Å². The number of carbonyl (C=O) groups excluding carboxylic acids is 2. The molecule has 2 aliphatic rings. The number of rotatable bonds is 3. The van der Waals surface area contributed by atoms with Crippen molar-refractivity contribution in [1.29, 1.82) is 0 Å². The highest BCUT2D eigenvalue weighted by molar-refractivity contribution is 7.12. The molecule has 3 heterocycles. The van der Waals surface area contributed by atoms with E-state index in [2.05, 4.69) is 4.90 Å². The topological polar surface area (TPSA) is 43.9 Å². The molecule has 5 nitrogen and oxygen atoms in total. The monoisotopic (exact) mass is 403 g/mol. The van der Waals surface area contributed by atoms with Gasteiger partial charge in [0.1, 0.15) is 6.04 Å². The molecule has 7 heteroatoms. The lowest BCUT2D eigenvalue weighted by atomic mass is 10.1. The summed E-state index contributed by atoms with van der Waals surface area (Å²) >= 11 is 7.40. The zero-order valence-corrected chi connectivity index (χ0v) is 16.6. The number of anilines is 1. The smallest absolute Gasteiger partial charge is 0.264 e. The fraction of sp³-hybridized carbons (Fsp3) is 0.400. The highest BCUT2D eigenvalue weighted by Gasteiger charge is 2.37. The Morgan fingerprint density at radius 3 is 2.41 bits per heavy atom. The SMILES string of the molecule is O=C([C@@H]1CCCN1C(=O)c1cccs1)N1CCN(c2ccc(Cl)cc2)CC1. The van der Waals surface area contributed by atoms with E-state index in [1.807, 2.05) is 46.7 Å². The summed E-state index contributed by atoms with van der Waals surface area (Å²) in [4.78, 5) is 32.4.